The summed E-state index contributed by atoms with van der Waals surface area (Å²) in [5.74, 6) is 6.79. The molecule has 2 rings (SSSR count). The van der Waals surface area contributed by atoms with Crippen molar-refractivity contribution < 1.29 is 9.47 Å². The molecule has 1 heterocycles. The molecular weight excluding hydrogens is 264 g/mol. The SMILES string of the molecule is CCCC(OCC)C(CCc1ccc2c(c1)CCO2)NN. The lowest BCUT2D eigenvalue weighted by Gasteiger charge is -2.26. The smallest absolute Gasteiger partial charge is 0.122 e. The predicted molar refractivity (Wildman–Crippen MR) is 85.4 cm³/mol. The van der Waals surface area contributed by atoms with Crippen molar-refractivity contribution in [1.29, 1.82) is 0 Å². The summed E-state index contributed by atoms with van der Waals surface area (Å²) in [6.07, 6.45) is 5.37. The first kappa shape index (κ1) is 16.3. The number of rotatable bonds is 9. The Bertz CT molecular complexity index is 431. The molecule has 0 fully saturated rings. The van der Waals surface area contributed by atoms with Crippen LogP contribution in [0.5, 0.6) is 5.75 Å². The highest BCUT2D eigenvalue weighted by molar-refractivity contribution is 5.39. The highest BCUT2D eigenvalue weighted by Crippen LogP contribution is 2.26. The van der Waals surface area contributed by atoms with E-state index in [0.29, 0.717) is 0 Å². The van der Waals surface area contributed by atoms with Crippen molar-refractivity contribution in [1.82, 2.24) is 5.43 Å². The van der Waals surface area contributed by atoms with Gasteiger partial charge in [0.25, 0.3) is 0 Å². The number of hydrogen-bond donors (Lipinski definition) is 2. The average Bonchev–Trinajstić information content (AvgIpc) is 2.96. The lowest BCUT2D eigenvalue weighted by atomic mass is 9.97. The second-order valence-corrected chi connectivity index (χ2v) is 5.63. The Labute approximate surface area is 128 Å². The van der Waals surface area contributed by atoms with Crippen LogP contribution in [0.1, 0.15) is 44.2 Å². The first-order valence-electron chi connectivity index (χ1n) is 8.10. The third-order valence-electron chi connectivity index (χ3n) is 4.11. The molecule has 1 aliphatic rings. The van der Waals surface area contributed by atoms with Crippen LogP contribution in [0.15, 0.2) is 18.2 Å². The summed E-state index contributed by atoms with van der Waals surface area (Å²) in [5, 5.41) is 0. The summed E-state index contributed by atoms with van der Waals surface area (Å²) < 4.78 is 11.4. The number of nitrogens with one attached hydrogen (secondary N) is 1. The topological polar surface area (TPSA) is 56.5 Å². The summed E-state index contributed by atoms with van der Waals surface area (Å²) in [4.78, 5) is 0. The van der Waals surface area contributed by atoms with Gasteiger partial charge >= 0.3 is 0 Å². The van der Waals surface area contributed by atoms with Gasteiger partial charge in [0.2, 0.25) is 0 Å². The largest absolute Gasteiger partial charge is 0.493 e. The van der Waals surface area contributed by atoms with Gasteiger partial charge in [-0.25, -0.2) is 0 Å². The molecule has 0 bridgehead atoms. The van der Waals surface area contributed by atoms with E-state index in [9.17, 15) is 0 Å². The van der Waals surface area contributed by atoms with Gasteiger partial charge in [0.15, 0.2) is 0 Å². The van der Waals surface area contributed by atoms with Crippen LogP contribution in [0.4, 0.5) is 0 Å². The molecule has 118 valence electrons. The summed E-state index contributed by atoms with van der Waals surface area (Å²) in [5.41, 5.74) is 5.63. The lowest BCUT2D eigenvalue weighted by molar-refractivity contribution is 0.0260. The Morgan fingerprint density at radius 1 is 1.33 bits per heavy atom. The van der Waals surface area contributed by atoms with Crippen molar-refractivity contribution in [3.8, 4) is 5.75 Å². The molecule has 0 saturated heterocycles. The first-order valence-corrected chi connectivity index (χ1v) is 8.10. The Balaban J connectivity index is 1.92. The second-order valence-electron chi connectivity index (χ2n) is 5.63. The Morgan fingerprint density at radius 3 is 2.90 bits per heavy atom. The van der Waals surface area contributed by atoms with E-state index in [0.717, 1.165) is 51.1 Å². The zero-order valence-corrected chi connectivity index (χ0v) is 13.2. The average molecular weight is 292 g/mol. The van der Waals surface area contributed by atoms with Crippen molar-refractivity contribution in [2.75, 3.05) is 13.2 Å². The molecule has 0 aromatic heterocycles. The van der Waals surface area contributed by atoms with Gasteiger partial charge in [0.05, 0.1) is 12.7 Å². The zero-order valence-electron chi connectivity index (χ0n) is 13.2. The van der Waals surface area contributed by atoms with Crippen molar-refractivity contribution in [3.63, 3.8) is 0 Å². The molecule has 3 N–H and O–H groups in total. The van der Waals surface area contributed by atoms with Gasteiger partial charge in [-0.2, -0.15) is 0 Å². The molecule has 0 spiro atoms. The van der Waals surface area contributed by atoms with Crippen molar-refractivity contribution in [2.24, 2.45) is 5.84 Å². The van der Waals surface area contributed by atoms with E-state index >= 15 is 0 Å². The molecule has 1 aromatic carbocycles. The van der Waals surface area contributed by atoms with Crippen molar-refractivity contribution in [2.45, 2.75) is 58.1 Å². The highest BCUT2D eigenvalue weighted by Gasteiger charge is 2.20. The first-order chi connectivity index (χ1) is 10.3. The Hall–Kier alpha value is -1.10. The highest BCUT2D eigenvalue weighted by atomic mass is 16.5. The van der Waals surface area contributed by atoms with Crippen LogP contribution in [0.25, 0.3) is 0 Å². The molecule has 0 radical (unpaired) electrons. The third kappa shape index (κ3) is 4.43. The molecule has 1 aromatic rings. The van der Waals surface area contributed by atoms with Crippen molar-refractivity contribution >= 4 is 0 Å². The van der Waals surface area contributed by atoms with E-state index in [2.05, 4.69) is 30.5 Å². The number of fused-ring (bicyclic) bond motifs is 1. The van der Waals surface area contributed by atoms with Gasteiger partial charge in [0.1, 0.15) is 5.75 Å². The summed E-state index contributed by atoms with van der Waals surface area (Å²) in [6.45, 7) is 5.77. The number of benzene rings is 1. The van der Waals surface area contributed by atoms with E-state index < -0.39 is 0 Å². The van der Waals surface area contributed by atoms with Crippen LogP contribution in [-0.4, -0.2) is 25.4 Å². The molecule has 21 heavy (non-hydrogen) atoms. The fourth-order valence-electron chi connectivity index (χ4n) is 2.99. The van der Waals surface area contributed by atoms with Crippen LogP contribution in [0.2, 0.25) is 0 Å². The van der Waals surface area contributed by atoms with Gasteiger partial charge in [-0.15, -0.1) is 0 Å². The van der Waals surface area contributed by atoms with Crippen molar-refractivity contribution in [3.05, 3.63) is 29.3 Å². The summed E-state index contributed by atoms with van der Waals surface area (Å²) in [7, 11) is 0. The number of hydrazine groups is 1. The second kappa shape index (κ2) is 8.37. The molecule has 1 aliphatic heterocycles. The van der Waals surface area contributed by atoms with Gasteiger partial charge in [-0.3, -0.25) is 11.3 Å². The number of nitrogens with two attached hydrogens (primary N) is 1. The number of hydrogen-bond acceptors (Lipinski definition) is 4. The molecule has 0 saturated carbocycles. The third-order valence-corrected chi connectivity index (χ3v) is 4.11. The fraction of sp³-hybridized carbons (Fsp3) is 0.647. The number of aryl methyl sites for hydroxylation is 1. The maximum absolute atomic E-state index is 5.84. The van der Waals surface area contributed by atoms with Crippen LogP contribution in [-0.2, 0) is 17.6 Å². The minimum absolute atomic E-state index is 0.197. The fourth-order valence-corrected chi connectivity index (χ4v) is 2.99. The maximum atomic E-state index is 5.84. The molecule has 4 heteroatoms. The minimum Gasteiger partial charge on any atom is -0.493 e. The molecule has 2 atom stereocenters. The van der Waals surface area contributed by atoms with Crippen LogP contribution >= 0.6 is 0 Å². The normalized spacial score (nSPS) is 16.3. The summed E-state index contributed by atoms with van der Waals surface area (Å²) in [6, 6.07) is 6.72. The van der Waals surface area contributed by atoms with Gasteiger partial charge in [0, 0.05) is 19.1 Å². The Kier molecular flexibility index (Phi) is 6.49. The minimum atomic E-state index is 0.197. The van der Waals surface area contributed by atoms with Crippen LogP contribution in [0.3, 0.4) is 0 Å². The monoisotopic (exact) mass is 292 g/mol. The molecular formula is C17H28N2O2. The summed E-state index contributed by atoms with van der Waals surface area (Å²) >= 11 is 0. The molecule has 2 unspecified atom stereocenters. The standard InChI is InChI=1S/C17H28N2O2/c1-3-5-17(20-4-2)15(19-18)8-6-13-7-9-16-14(12-13)10-11-21-16/h7,9,12,15,17,19H,3-6,8,10-11,18H2,1-2H3. The van der Waals surface area contributed by atoms with Crippen LogP contribution in [0, 0.1) is 0 Å². The van der Waals surface area contributed by atoms with E-state index in [-0.39, 0.29) is 12.1 Å². The van der Waals surface area contributed by atoms with Gasteiger partial charge < -0.3 is 9.47 Å². The Morgan fingerprint density at radius 2 is 2.19 bits per heavy atom. The van der Waals surface area contributed by atoms with E-state index in [1.807, 2.05) is 6.92 Å². The van der Waals surface area contributed by atoms with Gasteiger partial charge in [-0.05, 0) is 43.4 Å². The molecule has 0 amide bonds. The predicted octanol–water partition coefficient (Wildman–Crippen LogP) is 2.59. The quantitative estimate of drug-likeness (QED) is 0.542. The lowest BCUT2D eigenvalue weighted by Crippen LogP contribution is -2.45. The van der Waals surface area contributed by atoms with E-state index in [4.69, 9.17) is 15.3 Å². The van der Waals surface area contributed by atoms with Crippen LogP contribution < -0.4 is 16.0 Å². The molecule has 4 nitrogen and oxygen atoms in total. The zero-order chi connectivity index (χ0) is 15.1. The maximum Gasteiger partial charge on any atom is 0.122 e. The number of ether oxygens (including phenoxy) is 2. The van der Waals surface area contributed by atoms with E-state index in [1.165, 1.54) is 11.1 Å². The van der Waals surface area contributed by atoms with Gasteiger partial charge in [-0.1, -0.05) is 25.5 Å². The molecule has 0 aliphatic carbocycles. The van der Waals surface area contributed by atoms with E-state index in [1.54, 1.807) is 0 Å².